The van der Waals surface area contributed by atoms with Gasteiger partial charge in [-0.25, -0.2) is 4.98 Å². The molecular weight excluding hydrogens is 454 g/mol. The summed E-state index contributed by atoms with van der Waals surface area (Å²) in [6.07, 6.45) is 0. The summed E-state index contributed by atoms with van der Waals surface area (Å²) in [5, 5.41) is 3.99. The molecule has 0 unspecified atom stereocenters. The van der Waals surface area contributed by atoms with E-state index in [4.69, 9.17) is 0 Å². The van der Waals surface area contributed by atoms with Gasteiger partial charge < -0.3 is 20.1 Å². The van der Waals surface area contributed by atoms with Gasteiger partial charge in [0.2, 0.25) is 0 Å². The Morgan fingerprint density at radius 2 is 1.80 bits per heavy atom. The summed E-state index contributed by atoms with van der Waals surface area (Å²) in [5.41, 5.74) is 6.79. The molecule has 2 heterocycles. The highest BCUT2D eigenvalue weighted by Gasteiger charge is 2.17. The van der Waals surface area contributed by atoms with E-state index < -0.39 is 0 Å². The minimum atomic E-state index is -0.0850. The van der Waals surface area contributed by atoms with Crippen LogP contribution >= 0.6 is 11.8 Å². The van der Waals surface area contributed by atoms with Crippen molar-refractivity contribution in [2.24, 2.45) is 0 Å². The molecular formula is C28H31N5OS. The van der Waals surface area contributed by atoms with Crippen molar-refractivity contribution in [3.05, 3.63) is 83.4 Å². The van der Waals surface area contributed by atoms with Crippen LogP contribution in [-0.4, -0.2) is 53.5 Å². The van der Waals surface area contributed by atoms with Gasteiger partial charge in [-0.15, -0.1) is 0 Å². The van der Waals surface area contributed by atoms with Crippen molar-refractivity contribution in [1.29, 1.82) is 0 Å². The van der Waals surface area contributed by atoms with Crippen molar-refractivity contribution in [1.82, 2.24) is 14.9 Å². The second kappa shape index (κ2) is 10.5. The molecule has 1 aromatic heterocycles. The molecule has 0 saturated carbocycles. The lowest BCUT2D eigenvalue weighted by Crippen LogP contribution is -2.46. The smallest absolute Gasteiger partial charge is 0.255 e. The van der Waals surface area contributed by atoms with Crippen molar-refractivity contribution >= 4 is 40.1 Å². The van der Waals surface area contributed by atoms with Crippen LogP contribution in [0, 0.1) is 6.92 Å². The van der Waals surface area contributed by atoms with Gasteiger partial charge in [0, 0.05) is 48.9 Å². The Morgan fingerprint density at radius 3 is 2.57 bits per heavy atom. The van der Waals surface area contributed by atoms with Gasteiger partial charge in [0.15, 0.2) is 5.16 Å². The van der Waals surface area contributed by atoms with Gasteiger partial charge in [-0.2, -0.15) is 0 Å². The number of thioether (sulfide) groups is 1. The number of piperazine rings is 1. The third-order valence-electron chi connectivity index (χ3n) is 6.64. The van der Waals surface area contributed by atoms with Crippen molar-refractivity contribution in [2.45, 2.75) is 24.8 Å². The van der Waals surface area contributed by atoms with E-state index in [1.165, 1.54) is 5.69 Å². The first-order valence-electron chi connectivity index (χ1n) is 12.2. The number of H-pyrrole nitrogens is 1. The zero-order valence-corrected chi connectivity index (χ0v) is 21.1. The molecule has 0 spiro atoms. The van der Waals surface area contributed by atoms with E-state index >= 15 is 0 Å². The molecule has 1 aliphatic heterocycles. The van der Waals surface area contributed by atoms with E-state index in [0.29, 0.717) is 11.3 Å². The number of fused-ring (bicyclic) bond motifs is 1. The van der Waals surface area contributed by atoms with Gasteiger partial charge in [0.1, 0.15) is 0 Å². The van der Waals surface area contributed by atoms with E-state index in [0.717, 1.165) is 65.7 Å². The first-order chi connectivity index (χ1) is 17.1. The molecule has 0 radical (unpaired) electrons. The van der Waals surface area contributed by atoms with Crippen molar-refractivity contribution in [3.8, 4) is 0 Å². The number of anilines is 2. The number of hydrogen-bond acceptors (Lipinski definition) is 5. The molecule has 7 heteroatoms. The lowest BCUT2D eigenvalue weighted by Gasteiger charge is -2.35. The van der Waals surface area contributed by atoms with Gasteiger partial charge in [0.25, 0.3) is 5.91 Å². The molecule has 1 saturated heterocycles. The third kappa shape index (κ3) is 5.36. The largest absolute Gasteiger partial charge is 0.369 e. The number of nitrogens with one attached hydrogen (secondary N) is 2. The van der Waals surface area contributed by atoms with E-state index in [2.05, 4.69) is 51.1 Å². The number of benzene rings is 3. The maximum Gasteiger partial charge on any atom is 0.255 e. The van der Waals surface area contributed by atoms with Gasteiger partial charge in [-0.05, 0) is 61.0 Å². The van der Waals surface area contributed by atoms with Crippen molar-refractivity contribution in [2.75, 3.05) is 42.9 Å². The number of aromatic nitrogens is 2. The van der Waals surface area contributed by atoms with Crippen LogP contribution in [0.2, 0.25) is 0 Å². The molecule has 0 aliphatic carbocycles. The average molecular weight is 486 g/mol. The normalized spacial score (nSPS) is 14.4. The Hall–Kier alpha value is -3.29. The minimum Gasteiger partial charge on any atom is -0.369 e. The number of aromatic amines is 1. The van der Waals surface area contributed by atoms with Crippen LogP contribution in [0.3, 0.4) is 0 Å². The SMILES string of the molecule is CCN1CCN(c2ccc(NC(=O)c3ccccc3CSc3nc4ccccc4[nH]3)c(C)c2)CC1. The number of carbonyl (C=O) groups is 1. The fraction of sp³-hybridized carbons (Fsp3) is 0.286. The third-order valence-corrected chi connectivity index (χ3v) is 7.56. The summed E-state index contributed by atoms with van der Waals surface area (Å²) in [6, 6.07) is 22.1. The fourth-order valence-corrected chi connectivity index (χ4v) is 5.40. The van der Waals surface area contributed by atoms with E-state index in [-0.39, 0.29) is 5.91 Å². The highest BCUT2D eigenvalue weighted by Crippen LogP contribution is 2.27. The molecule has 1 fully saturated rings. The van der Waals surface area contributed by atoms with E-state index in [1.54, 1.807) is 11.8 Å². The summed E-state index contributed by atoms with van der Waals surface area (Å²) in [6.45, 7) is 9.64. The molecule has 0 bridgehead atoms. The zero-order chi connectivity index (χ0) is 24.2. The molecule has 1 aliphatic rings. The zero-order valence-electron chi connectivity index (χ0n) is 20.3. The van der Waals surface area contributed by atoms with Crippen LogP contribution in [0.1, 0.15) is 28.4 Å². The first-order valence-corrected chi connectivity index (χ1v) is 13.1. The molecule has 3 aromatic carbocycles. The number of hydrogen-bond donors (Lipinski definition) is 2. The van der Waals surface area contributed by atoms with Gasteiger partial charge >= 0.3 is 0 Å². The lowest BCUT2D eigenvalue weighted by molar-refractivity contribution is 0.102. The van der Waals surface area contributed by atoms with Crippen LogP contribution in [0.15, 0.2) is 71.9 Å². The molecule has 5 rings (SSSR count). The molecule has 0 atom stereocenters. The topological polar surface area (TPSA) is 64.3 Å². The summed E-state index contributed by atoms with van der Waals surface area (Å²) < 4.78 is 0. The van der Waals surface area contributed by atoms with Crippen molar-refractivity contribution < 1.29 is 4.79 Å². The number of para-hydroxylation sites is 2. The predicted octanol–water partition coefficient (Wildman–Crippen LogP) is 5.56. The fourth-order valence-electron chi connectivity index (χ4n) is 4.51. The van der Waals surface area contributed by atoms with Crippen LogP contribution in [0.5, 0.6) is 0 Å². The average Bonchev–Trinajstić information content (AvgIpc) is 3.32. The van der Waals surface area contributed by atoms with Crippen molar-refractivity contribution in [3.63, 3.8) is 0 Å². The number of likely N-dealkylation sites (N-methyl/N-ethyl adjacent to an activating group) is 1. The quantitative estimate of drug-likeness (QED) is 0.336. The minimum absolute atomic E-state index is 0.0850. The predicted molar refractivity (Wildman–Crippen MR) is 146 cm³/mol. The molecule has 2 N–H and O–H groups in total. The molecule has 4 aromatic rings. The Labute approximate surface area is 210 Å². The number of imidazole rings is 1. The molecule has 1 amide bonds. The number of rotatable bonds is 7. The van der Waals surface area contributed by atoms with E-state index in [1.807, 2.05) is 54.6 Å². The van der Waals surface area contributed by atoms with E-state index in [9.17, 15) is 4.79 Å². The van der Waals surface area contributed by atoms with Crippen LogP contribution < -0.4 is 10.2 Å². The van der Waals surface area contributed by atoms with Gasteiger partial charge in [-0.3, -0.25) is 4.79 Å². The molecule has 35 heavy (non-hydrogen) atoms. The van der Waals surface area contributed by atoms with Crippen LogP contribution in [-0.2, 0) is 5.75 Å². The number of aryl methyl sites for hydroxylation is 1. The summed E-state index contributed by atoms with van der Waals surface area (Å²) in [4.78, 5) is 26.1. The van der Waals surface area contributed by atoms with Gasteiger partial charge in [-0.1, -0.05) is 49.0 Å². The highest BCUT2D eigenvalue weighted by atomic mass is 32.2. The maximum absolute atomic E-state index is 13.2. The molecule has 6 nitrogen and oxygen atoms in total. The summed E-state index contributed by atoms with van der Waals surface area (Å²) in [5.74, 6) is 0.573. The Kier molecular flexibility index (Phi) is 7.06. The first kappa shape index (κ1) is 23.5. The van der Waals surface area contributed by atoms with Gasteiger partial charge in [0.05, 0.1) is 11.0 Å². The maximum atomic E-state index is 13.2. The molecule has 180 valence electrons. The monoisotopic (exact) mass is 485 g/mol. The summed E-state index contributed by atoms with van der Waals surface area (Å²) >= 11 is 1.60. The Morgan fingerprint density at radius 1 is 1.03 bits per heavy atom. The standard InChI is InChI=1S/C28H31N5OS/c1-3-32-14-16-33(17-15-32)22-12-13-24(20(2)18-22)29-27(34)23-9-5-4-8-21(23)19-35-28-30-25-10-6-7-11-26(25)31-28/h4-13,18H,3,14-17,19H2,1-2H3,(H,29,34)(H,30,31). The second-order valence-electron chi connectivity index (χ2n) is 8.88. The Balaban J connectivity index is 1.26. The number of amides is 1. The lowest BCUT2D eigenvalue weighted by atomic mass is 10.1. The Bertz CT molecular complexity index is 1290. The second-order valence-corrected chi connectivity index (χ2v) is 9.84. The van der Waals surface area contributed by atoms with Crippen LogP contribution in [0.4, 0.5) is 11.4 Å². The number of nitrogens with zero attached hydrogens (tertiary/aromatic N) is 3. The summed E-state index contributed by atoms with van der Waals surface area (Å²) in [7, 11) is 0. The van der Waals surface area contributed by atoms with Crippen LogP contribution in [0.25, 0.3) is 11.0 Å². The highest BCUT2D eigenvalue weighted by molar-refractivity contribution is 7.98. The number of carbonyl (C=O) groups excluding carboxylic acids is 1.